The minimum absolute atomic E-state index is 0.302. The lowest BCUT2D eigenvalue weighted by Crippen LogP contribution is -2.41. The zero-order valence-corrected chi connectivity index (χ0v) is 9.47. The molecule has 2 rings (SSSR count). The van der Waals surface area contributed by atoms with Gasteiger partial charge in [0.2, 0.25) is 0 Å². The highest BCUT2D eigenvalue weighted by molar-refractivity contribution is 5.80. The molecule has 0 bridgehead atoms. The second kappa shape index (κ2) is 3.22. The van der Waals surface area contributed by atoms with E-state index in [1.54, 1.807) is 0 Å². The van der Waals surface area contributed by atoms with E-state index in [1.807, 2.05) is 0 Å². The van der Waals surface area contributed by atoms with E-state index < -0.39 is 0 Å². The van der Waals surface area contributed by atoms with Gasteiger partial charge in [0.15, 0.2) is 0 Å². The molecular weight excluding hydrogens is 172 g/mol. The van der Waals surface area contributed by atoms with Gasteiger partial charge in [-0.25, -0.2) is 0 Å². The summed E-state index contributed by atoms with van der Waals surface area (Å²) in [6.45, 7) is 6.81. The highest BCUT2D eigenvalue weighted by Gasteiger charge is 2.44. The van der Waals surface area contributed by atoms with Gasteiger partial charge < -0.3 is 0 Å². The average molecular weight is 192 g/mol. The maximum Gasteiger partial charge on any atom is 0.133 e. The first-order valence-electron chi connectivity index (χ1n) is 5.72. The molecule has 0 saturated heterocycles. The van der Waals surface area contributed by atoms with Crippen LogP contribution in [0.4, 0.5) is 0 Å². The molecule has 1 saturated carbocycles. The van der Waals surface area contributed by atoms with Crippen molar-refractivity contribution in [2.45, 2.75) is 46.5 Å². The molecule has 0 N–H and O–H groups in total. The first-order valence-corrected chi connectivity index (χ1v) is 5.72. The molecule has 14 heavy (non-hydrogen) atoms. The normalized spacial score (nSPS) is 43.1. The Kier molecular flexibility index (Phi) is 2.29. The van der Waals surface area contributed by atoms with Crippen molar-refractivity contribution >= 4 is 5.78 Å². The van der Waals surface area contributed by atoms with Gasteiger partial charge in [-0.1, -0.05) is 25.5 Å². The molecule has 0 unspecified atom stereocenters. The summed E-state index contributed by atoms with van der Waals surface area (Å²) in [6.07, 6.45) is 6.47. The second-order valence-electron chi connectivity index (χ2n) is 5.44. The first-order chi connectivity index (χ1) is 6.52. The molecule has 0 aromatic carbocycles. The Morgan fingerprint density at radius 2 is 2.14 bits per heavy atom. The maximum atomic E-state index is 11.5. The molecule has 0 radical (unpaired) electrons. The Morgan fingerprint density at radius 3 is 2.86 bits per heavy atom. The largest absolute Gasteiger partial charge is 0.300 e. The fourth-order valence-corrected chi connectivity index (χ4v) is 3.22. The van der Waals surface area contributed by atoms with E-state index in [1.165, 1.54) is 18.4 Å². The number of carbonyl (C=O) groups excluding carboxylic acids is 1. The number of ketones is 1. The van der Waals surface area contributed by atoms with Crippen LogP contribution in [0.5, 0.6) is 0 Å². The average Bonchev–Trinajstić information content (AvgIpc) is 2.08. The topological polar surface area (TPSA) is 17.1 Å². The van der Waals surface area contributed by atoms with Gasteiger partial charge in [-0.15, -0.1) is 0 Å². The van der Waals surface area contributed by atoms with E-state index in [0.717, 1.165) is 12.8 Å². The van der Waals surface area contributed by atoms with Crippen molar-refractivity contribution in [2.75, 3.05) is 0 Å². The van der Waals surface area contributed by atoms with Crippen LogP contribution in [-0.4, -0.2) is 5.78 Å². The quantitative estimate of drug-likeness (QED) is 0.538. The zero-order chi connectivity index (χ0) is 10.3. The van der Waals surface area contributed by atoms with E-state index in [9.17, 15) is 4.79 Å². The van der Waals surface area contributed by atoms with Crippen LogP contribution < -0.4 is 0 Å². The molecule has 2 aliphatic carbocycles. The molecule has 0 aromatic rings. The molecule has 2 aliphatic rings. The van der Waals surface area contributed by atoms with Crippen molar-refractivity contribution in [2.24, 2.45) is 17.3 Å². The number of hydrogen-bond donors (Lipinski definition) is 0. The summed E-state index contributed by atoms with van der Waals surface area (Å²) < 4.78 is 0. The van der Waals surface area contributed by atoms with E-state index >= 15 is 0 Å². The number of rotatable bonds is 0. The summed E-state index contributed by atoms with van der Waals surface area (Å²) in [5.74, 6) is 1.62. The van der Waals surface area contributed by atoms with E-state index in [4.69, 9.17) is 0 Å². The zero-order valence-electron chi connectivity index (χ0n) is 9.47. The second-order valence-corrected chi connectivity index (χ2v) is 5.44. The van der Waals surface area contributed by atoms with Crippen molar-refractivity contribution in [3.05, 3.63) is 11.6 Å². The molecule has 0 spiro atoms. The molecular formula is C13H20O. The Labute approximate surface area is 86.6 Å². The van der Waals surface area contributed by atoms with Crippen LogP contribution >= 0.6 is 0 Å². The van der Waals surface area contributed by atoms with Crippen LogP contribution in [0.2, 0.25) is 0 Å². The Hall–Kier alpha value is -0.590. The third kappa shape index (κ3) is 1.43. The lowest BCUT2D eigenvalue weighted by atomic mass is 9.57. The smallest absolute Gasteiger partial charge is 0.133 e. The van der Waals surface area contributed by atoms with Gasteiger partial charge in [0.05, 0.1) is 0 Å². The number of carbonyl (C=O) groups is 1. The fourth-order valence-electron chi connectivity index (χ4n) is 3.22. The van der Waals surface area contributed by atoms with Gasteiger partial charge in [-0.2, -0.15) is 0 Å². The van der Waals surface area contributed by atoms with Crippen LogP contribution in [0.25, 0.3) is 0 Å². The molecule has 3 atom stereocenters. The van der Waals surface area contributed by atoms with Gasteiger partial charge >= 0.3 is 0 Å². The Bertz CT molecular complexity index is 290. The van der Waals surface area contributed by atoms with Crippen molar-refractivity contribution in [1.82, 2.24) is 0 Å². The van der Waals surface area contributed by atoms with Gasteiger partial charge in [0.1, 0.15) is 5.78 Å². The number of hydrogen-bond acceptors (Lipinski definition) is 1. The SMILES string of the molecule is CC1=C[C@@]2(C)[C@@H](CC1)CC(=O)C[C@@H]2C. The molecule has 78 valence electrons. The summed E-state index contributed by atoms with van der Waals surface area (Å²) in [7, 11) is 0. The van der Waals surface area contributed by atoms with Crippen molar-refractivity contribution in [1.29, 1.82) is 0 Å². The maximum absolute atomic E-state index is 11.5. The predicted molar refractivity (Wildman–Crippen MR) is 58.0 cm³/mol. The van der Waals surface area contributed by atoms with Crippen molar-refractivity contribution in [3.8, 4) is 0 Å². The number of Topliss-reactive ketones (excluding diaryl/α,β-unsaturated/α-hetero) is 1. The van der Waals surface area contributed by atoms with Gasteiger partial charge in [-0.3, -0.25) is 4.79 Å². The summed E-state index contributed by atoms with van der Waals surface area (Å²) >= 11 is 0. The molecule has 1 fully saturated rings. The summed E-state index contributed by atoms with van der Waals surface area (Å²) in [4.78, 5) is 11.5. The lowest BCUT2D eigenvalue weighted by Gasteiger charge is -2.46. The molecule has 0 aromatic heterocycles. The van der Waals surface area contributed by atoms with Gasteiger partial charge in [-0.05, 0) is 37.0 Å². The molecule has 0 amide bonds. The molecule has 0 aliphatic heterocycles. The highest BCUT2D eigenvalue weighted by atomic mass is 16.1. The van der Waals surface area contributed by atoms with Crippen LogP contribution in [0.3, 0.4) is 0 Å². The third-order valence-electron chi connectivity index (χ3n) is 4.39. The van der Waals surface area contributed by atoms with Crippen molar-refractivity contribution in [3.63, 3.8) is 0 Å². The van der Waals surface area contributed by atoms with Crippen molar-refractivity contribution < 1.29 is 4.79 Å². The van der Waals surface area contributed by atoms with E-state index in [0.29, 0.717) is 23.0 Å². The van der Waals surface area contributed by atoms with E-state index in [2.05, 4.69) is 26.8 Å². The van der Waals surface area contributed by atoms with Gasteiger partial charge in [0, 0.05) is 12.8 Å². The minimum Gasteiger partial charge on any atom is -0.300 e. The predicted octanol–water partition coefficient (Wildman–Crippen LogP) is 3.35. The molecule has 1 nitrogen and oxygen atoms in total. The summed E-state index contributed by atoms with van der Waals surface area (Å²) in [6, 6.07) is 0. The lowest BCUT2D eigenvalue weighted by molar-refractivity contribution is -0.126. The number of allylic oxidation sites excluding steroid dienone is 2. The Morgan fingerprint density at radius 1 is 1.43 bits per heavy atom. The van der Waals surface area contributed by atoms with Crippen LogP contribution in [0, 0.1) is 17.3 Å². The van der Waals surface area contributed by atoms with Crippen LogP contribution in [0.1, 0.15) is 46.5 Å². The van der Waals surface area contributed by atoms with Crippen LogP contribution in [0.15, 0.2) is 11.6 Å². The third-order valence-corrected chi connectivity index (χ3v) is 4.39. The first kappa shape index (κ1) is 9.95. The Balaban J connectivity index is 2.32. The highest BCUT2D eigenvalue weighted by Crippen LogP contribution is 2.50. The monoisotopic (exact) mass is 192 g/mol. The van der Waals surface area contributed by atoms with Gasteiger partial charge in [0.25, 0.3) is 0 Å². The summed E-state index contributed by atoms with van der Waals surface area (Å²) in [5.41, 5.74) is 1.82. The molecule has 1 heteroatoms. The molecule has 0 heterocycles. The minimum atomic E-state index is 0.302. The van der Waals surface area contributed by atoms with E-state index in [-0.39, 0.29) is 0 Å². The fraction of sp³-hybridized carbons (Fsp3) is 0.769. The summed E-state index contributed by atoms with van der Waals surface area (Å²) in [5, 5.41) is 0. The number of fused-ring (bicyclic) bond motifs is 1. The van der Waals surface area contributed by atoms with Crippen LogP contribution in [-0.2, 0) is 4.79 Å². The standard InChI is InChI=1S/C13H20O/c1-9-4-5-11-7-12(14)6-10(2)13(11,3)8-9/h8,10-11H,4-7H2,1-3H3/t10-,11-,13+/m0/s1.